The van der Waals surface area contributed by atoms with Crippen LogP contribution in [0.25, 0.3) is 11.1 Å². The van der Waals surface area contributed by atoms with E-state index in [9.17, 15) is 13.2 Å². The number of aromatic nitrogens is 1. The van der Waals surface area contributed by atoms with Crippen molar-refractivity contribution in [3.8, 4) is 11.1 Å². The van der Waals surface area contributed by atoms with E-state index in [0.717, 1.165) is 22.5 Å². The number of benzene rings is 1. The summed E-state index contributed by atoms with van der Waals surface area (Å²) in [6.07, 6.45) is -0.132. The quantitative estimate of drug-likeness (QED) is 0.746. The molecule has 0 amide bonds. The molecule has 0 N–H and O–H groups in total. The largest absolute Gasteiger partial charge is 0.416 e. The number of rotatable bonds is 2. The molecule has 0 aliphatic carbocycles. The molecule has 2 nitrogen and oxygen atoms in total. The second kappa shape index (κ2) is 6.15. The van der Waals surface area contributed by atoms with Gasteiger partial charge in [0.15, 0.2) is 0 Å². The van der Waals surface area contributed by atoms with Crippen LogP contribution >= 0.6 is 0 Å². The van der Waals surface area contributed by atoms with Gasteiger partial charge in [0.2, 0.25) is 0 Å². The zero-order valence-electron chi connectivity index (χ0n) is 13.4. The molecule has 0 saturated carbocycles. The molecule has 5 heteroatoms. The summed E-state index contributed by atoms with van der Waals surface area (Å²) < 4.78 is 38.3. The number of allylic oxidation sites excluding steroid dienone is 3. The zero-order chi connectivity index (χ0) is 17.3. The maximum atomic E-state index is 12.8. The smallest absolute Gasteiger partial charge is 0.342 e. The first kappa shape index (κ1) is 16.3. The van der Waals surface area contributed by atoms with Gasteiger partial charge in [-0.1, -0.05) is 18.2 Å². The Morgan fingerprint density at radius 2 is 1.71 bits per heavy atom. The van der Waals surface area contributed by atoms with E-state index < -0.39 is 11.7 Å². The molecule has 0 spiro atoms. The highest BCUT2D eigenvalue weighted by Gasteiger charge is 2.33. The lowest BCUT2D eigenvalue weighted by Crippen LogP contribution is -2.27. The number of aryl methyl sites for hydroxylation is 1. The molecular formula is C19H17F3N2. The monoisotopic (exact) mass is 330 g/mol. The van der Waals surface area contributed by atoms with E-state index in [-0.39, 0.29) is 6.54 Å². The Bertz CT molecular complexity index is 802. The van der Waals surface area contributed by atoms with Crippen molar-refractivity contribution < 1.29 is 13.2 Å². The first-order valence-electron chi connectivity index (χ1n) is 7.61. The molecular weight excluding hydrogens is 313 g/mol. The van der Waals surface area contributed by atoms with Crippen molar-refractivity contribution in [1.82, 2.24) is 4.98 Å². The number of pyridine rings is 1. The predicted octanol–water partition coefficient (Wildman–Crippen LogP) is 5.27. The predicted molar refractivity (Wildman–Crippen MR) is 89.7 cm³/mol. The van der Waals surface area contributed by atoms with E-state index in [4.69, 9.17) is 0 Å². The molecule has 0 saturated heterocycles. The minimum Gasteiger partial charge on any atom is -0.342 e. The Morgan fingerprint density at radius 1 is 1.00 bits per heavy atom. The summed E-state index contributed by atoms with van der Waals surface area (Å²) in [5.74, 6) is 0. The van der Waals surface area contributed by atoms with Gasteiger partial charge in [-0.15, -0.1) is 0 Å². The Balaban J connectivity index is 1.83. The lowest BCUT2D eigenvalue weighted by molar-refractivity contribution is -0.0886. The van der Waals surface area contributed by atoms with Gasteiger partial charge in [0, 0.05) is 29.8 Å². The van der Waals surface area contributed by atoms with E-state index in [1.165, 1.54) is 12.2 Å². The first-order chi connectivity index (χ1) is 11.3. The molecule has 1 aromatic carbocycles. The van der Waals surface area contributed by atoms with Crippen molar-refractivity contribution in [1.29, 1.82) is 0 Å². The fourth-order valence-electron chi connectivity index (χ4n) is 2.76. The Kier molecular flexibility index (Phi) is 4.18. The van der Waals surface area contributed by atoms with Crippen LogP contribution in [0.3, 0.4) is 0 Å². The minimum atomic E-state index is -4.30. The summed E-state index contributed by atoms with van der Waals surface area (Å²) in [4.78, 5) is 6.04. The Hall–Kier alpha value is -2.56. The van der Waals surface area contributed by atoms with Crippen LogP contribution in [0.2, 0.25) is 0 Å². The molecule has 3 rings (SSSR count). The molecule has 1 aliphatic heterocycles. The highest BCUT2D eigenvalue weighted by Crippen LogP contribution is 2.33. The summed E-state index contributed by atoms with van der Waals surface area (Å²) in [6, 6.07) is 11.7. The Labute approximate surface area is 138 Å². The minimum absolute atomic E-state index is 0.213. The average molecular weight is 330 g/mol. The lowest BCUT2D eigenvalue weighted by atomic mass is 10.0. The van der Waals surface area contributed by atoms with E-state index in [0.29, 0.717) is 5.70 Å². The van der Waals surface area contributed by atoms with Crippen molar-refractivity contribution in [2.75, 3.05) is 11.4 Å². The van der Waals surface area contributed by atoms with Crippen LogP contribution in [0, 0.1) is 6.92 Å². The highest BCUT2D eigenvalue weighted by atomic mass is 19.4. The third-order valence-corrected chi connectivity index (χ3v) is 4.02. The molecule has 0 unspecified atom stereocenters. The third-order valence-electron chi connectivity index (χ3n) is 4.02. The van der Waals surface area contributed by atoms with Crippen LogP contribution in [-0.2, 0) is 0 Å². The van der Waals surface area contributed by atoms with Gasteiger partial charge in [0.05, 0.1) is 5.57 Å². The summed E-state index contributed by atoms with van der Waals surface area (Å²) in [5, 5.41) is 0. The van der Waals surface area contributed by atoms with Crippen molar-refractivity contribution in [3.05, 3.63) is 71.7 Å². The van der Waals surface area contributed by atoms with Crippen LogP contribution in [0.5, 0.6) is 0 Å². The summed E-state index contributed by atoms with van der Waals surface area (Å²) in [6.45, 7) is 3.84. The number of halogens is 3. The number of hydrogen-bond acceptors (Lipinski definition) is 2. The molecule has 2 aromatic rings. The third kappa shape index (κ3) is 3.35. The SMILES string of the molecule is CC1=CC(C(F)(F)F)=CCN1c1ccc(-c2ccnc(C)c2)cc1. The van der Waals surface area contributed by atoms with Crippen molar-refractivity contribution in [2.45, 2.75) is 20.0 Å². The van der Waals surface area contributed by atoms with Gasteiger partial charge >= 0.3 is 6.18 Å². The van der Waals surface area contributed by atoms with Crippen LogP contribution in [0.15, 0.2) is 66.0 Å². The lowest BCUT2D eigenvalue weighted by Gasteiger charge is -2.28. The second-order valence-corrected chi connectivity index (χ2v) is 5.79. The fraction of sp³-hybridized carbons (Fsp3) is 0.211. The van der Waals surface area contributed by atoms with Crippen molar-refractivity contribution in [2.24, 2.45) is 0 Å². The molecule has 2 heterocycles. The zero-order valence-corrected chi connectivity index (χ0v) is 13.4. The normalized spacial score (nSPS) is 15.1. The standard InChI is InChI=1S/C19H17F3N2/c1-13-11-16(7-9-23-13)15-3-5-18(6-4-15)24-10-8-17(12-14(24)2)19(20,21)22/h3-9,11-12H,10H2,1-2H3. The number of nitrogens with zero attached hydrogens (tertiary/aromatic N) is 2. The van der Waals surface area contributed by atoms with E-state index in [1.807, 2.05) is 48.2 Å². The van der Waals surface area contributed by atoms with Gasteiger partial charge in [0.1, 0.15) is 0 Å². The molecule has 0 fully saturated rings. The van der Waals surface area contributed by atoms with Crippen LogP contribution in [-0.4, -0.2) is 17.7 Å². The topological polar surface area (TPSA) is 16.1 Å². The number of hydrogen-bond donors (Lipinski definition) is 0. The Morgan fingerprint density at radius 3 is 2.29 bits per heavy atom. The number of anilines is 1. The van der Waals surface area contributed by atoms with Crippen molar-refractivity contribution in [3.63, 3.8) is 0 Å². The van der Waals surface area contributed by atoms with Crippen LogP contribution in [0.1, 0.15) is 12.6 Å². The van der Waals surface area contributed by atoms with E-state index in [1.54, 1.807) is 13.1 Å². The van der Waals surface area contributed by atoms with Gasteiger partial charge in [-0.25, -0.2) is 0 Å². The summed E-state index contributed by atoms with van der Waals surface area (Å²) >= 11 is 0. The number of alkyl halides is 3. The fourth-order valence-corrected chi connectivity index (χ4v) is 2.76. The van der Waals surface area contributed by atoms with E-state index in [2.05, 4.69) is 4.98 Å². The van der Waals surface area contributed by atoms with Crippen LogP contribution in [0.4, 0.5) is 18.9 Å². The first-order valence-corrected chi connectivity index (χ1v) is 7.61. The second-order valence-electron chi connectivity index (χ2n) is 5.79. The highest BCUT2D eigenvalue weighted by molar-refractivity contribution is 5.67. The summed E-state index contributed by atoms with van der Waals surface area (Å²) in [7, 11) is 0. The molecule has 1 aliphatic rings. The van der Waals surface area contributed by atoms with Gasteiger partial charge in [-0.3, -0.25) is 4.98 Å². The van der Waals surface area contributed by atoms with E-state index >= 15 is 0 Å². The summed E-state index contributed by atoms with van der Waals surface area (Å²) in [5.41, 5.74) is 3.93. The maximum absolute atomic E-state index is 12.8. The molecule has 0 bridgehead atoms. The van der Waals surface area contributed by atoms with Crippen LogP contribution < -0.4 is 4.90 Å². The molecule has 0 radical (unpaired) electrons. The van der Waals surface area contributed by atoms with Gasteiger partial charge in [0.25, 0.3) is 0 Å². The van der Waals surface area contributed by atoms with Gasteiger partial charge < -0.3 is 4.90 Å². The average Bonchev–Trinajstić information content (AvgIpc) is 2.54. The maximum Gasteiger partial charge on any atom is 0.416 e. The van der Waals surface area contributed by atoms with Gasteiger partial charge in [-0.05, 0) is 55.3 Å². The molecule has 1 aromatic heterocycles. The molecule has 0 atom stereocenters. The van der Waals surface area contributed by atoms with Gasteiger partial charge in [-0.2, -0.15) is 13.2 Å². The van der Waals surface area contributed by atoms with Crippen molar-refractivity contribution >= 4 is 5.69 Å². The molecule has 24 heavy (non-hydrogen) atoms. The molecule has 124 valence electrons.